The molecule has 11 heteroatoms. The van der Waals surface area contributed by atoms with E-state index in [9.17, 15) is 23.6 Å². The molecule has 9 nitrogen and oxygen atoms in total. The van der Waals surface area contributed by atoms with Gasteiger partial charge < -0.3 is 14.8 Å². The average molecular weight is 600 g/mol. The van der Waals surface area contributed by atoms with Gasteiger partial charge in [-0.25, -0.2) is 19.0 Å². The zero-order valence-electron chi connectivity index (χ0n) is 22.6. The lowest BCUT2D eigenvalue weighted by Gasteiger charge is -2.34. The first-order valence-corrected chi connectivity index (χ1v) is 13.3. The maximum Gasteiger partial charge on any atom is 0.343 e. The van der Waals surface area contributed by atoms with Crippen LogP contribution in [0.25, 0.3) is 6.08 Å². The Labute approximate surface area is 250 Å². The molecule has 1 saturated heterocycles. The second kappa shape index (κ2) is 12.6. The van der Waals surface area contributed by atoms with E-state index in [2.05, 4.69) is 5.32 Å². The van der Waals surface area contributed by atoms with Gasteiger partial charge in [-0.15, -0.1) is 0 Å². The highest BCUT2D eigenvalue weighted by molar-refractivity contribution is 6.46. The van der Waals surface area contributed by atoms with E-state index < -0.39 is 36.2 Å². The standard InChI is InChI=1S/C32H23ClFN3O6/c1-42-27-18-20(17-24(33)29(27)43-19-28(38)35-26-15-9-8-14-25(26)34)16-23-30(39)36(21-10-4-2-5-11-21)32(41)37(31(23)40)22-12-6-3-7-13-22/h2-18H,19H2,1H3,(H,35,38). The first kappa shape index (κ1) is 29.0. The van der Waals surface area contributed by atoms with Crippen molar-refractivity contribution in [2.75, 3.05) is 28.8 Å². The molecule has 1 heterocycles. The molecule has 216 valence electrons. The van der Waals surface area contributed by atoms with Crippen LogP contribution in [0.2, 0.25) is 5.02 Å². The van der Waals surface area contributed by atoms with Crippen molar-refractivity contribution < 1.29 is 33.0 Å². The van der Waals surface area contributed by atoms with E-state index in [1.165, 1.54) is 43.5 Å². The van der Waals surface area contributed by atoms with Gasteiger partial charge in [0, 0.05) is 0 Å². The molecule has 1 aliphatic rings. The SMILES string of the molecule is COc1cc(C=C2C(=O)N(c3ccccc3)C(=O)N(c3ccccc3)C2=O)cc(Cl)c1OCC(=O)Nc1ccccc1F. The molecule has 1 aliphatic heterocycles. The summed E-state index contributed by atoms with van der Waals surface area (Å²) in [6, 6.07) is 24.2. The number of barbiturate groups is 1. The number of carbonyl (C=O) groups is 4. The van der Waals surface area contributed by atoms with Crippen molar-refractivity contribution in [1.82, 2.24) is 0 Å². The lowest BCUT2D eigenvalue weighted by molar-refractivity contribution is -0.121. The first-order valence-electron chi connectivity index (χ1n) is 12.9. The lowest BCUT2D eigenvalue weighted by atomic mass is 10.0. The maximum atomic E-state index is 13.9. The third kappa shape index (κ3) is 6.09. The van der Waals surface area contributed by atoms with E-state index >= 15 is 0 Å². The molecule has 1 N–H and O–H groups in total. The van der Waals surface area contributed by atoms with Crippen molar-refractivity contribution >= 4 is 58.5 Å². The van der Waals surface area contributed by atoms with Gasteiger partial charge in [0.05, 0.1) is 29.2 Å². The Morgan fingerprint density at radius 2 is 1.42 bits per heavy atom. The zero-order valence-corrected chi connectivity index (χ0v) is 23.4. The number of para-hydroxylation sites is 3. The van der Waals surface area contributed by atoms with Gasteiger partial charge in [-0.1, -0.05) is 60.1 Å². The largest absolute Gasteiger partial charge is 0.493 e. The number of carbonyl (C=O) groups excluding carboxylic acids is 4. The summed E-state index contributed by atoms with van der Waals surface area (Å²) in [4.78, 5) is 54.9. The molecular weight excluding hydrogens is 577 g/mol. The van der Waals surface area contributed by atoms with E-state index in [1.54, 1.807) is 66.7 Å². The van der Waals surface area contributed by atoms with Crippen LogP contribution in [0.3, 0.4) is 0 Å². The lowest BCUT2D eigenvalue weighted by Crippen LogP contribution is -2.57. The van der Waals surface area contributed by atoms with Crippen LogP contribution in [0, 0.1) is 5.82 Å². The van der Waals surface area contributed by atoms with Crippen LogP contribution in [0.1, 0.15) is 5.56 Å². The minimum atomic E-state index is -0.825. The number of nitrogens with one attached hydrogen (secondary N) is 1. The minimum Gasteiger partial charge on any atom is -0.493 e. The summed E-state index contributed by atoms with van der Waals surface area (Å²) < 4.78 is 24.9. The monoisotopic (exact) mass is 599 g/mol. The fraction of sp³-hybridized carbons (Fsp3) is 0.0625. The molecule has 1 fully saturated rings. The van der Waals surface area contributed by atoms with Crippen molar-refractivity contribution in [3.05, 3.63) is 119 Å². The molecule has 0 saturated carbocycles. The molecule has 0 spiro atoms. The van der Waals surface area contributed by atoms with Gasteiger partial charge in [0.25, 0.3) is 17.7 Å². The molecule has 0 atom stereocenters. The summed E-state index contributed by atoms with van der Waals surface area (Å²) in [5.74, 6) is -2.77. The van der Waals surface area contributed by atoms with E-state index in [4.69, 9.17) is 21.1 Å². The molecule has 5 amide bonds. The molecule has 4 aromatic rings. The second-order valence-corrected chi connectivity index (χ2v) is 9.55. The molecule has 0 bridgehead atoms. The Bertz CT molecular complexity index is 1680. The molecule has 43 heavy (non-hydrogen) atoms. The maximum absolute atomic E-state index is 13.9. The molecule has 0 aliphatic carbocycles. The summed E-state index contributed by atoms with van der Waals surface area (Å²) in [6.45, 7) is -0.512. The predicted octanol–water partition coefficient (Wildman–Crippen LogP) is 6.09. The molecule has 4 aromatic carbocycles. The van der Waals surface area contributed by atoms with Crippen LogP contribution in [-0.4, -0.2) is 37.5 Å². The number of methoxy groups -OCH3 is 1. The van der Waals surface area contributed by atoms with E-state index in [1.807, 2.05) is 0 Å². The number of benzene rings is 4. The van der Waals surface area contributed by atoms with Crippen LogP contribution in [0.4, 0.5) is 26.2 Å². The summed E-state index contributed by atoms with van der Waals surface area (Å²) in [5.41, 5.74) is 0.542. The summed E-state index contributed by atoms with van der Waals surface area (Å²) in [6.07, 6.45) is 1.30. The van der Waals surface area contributed by atoms with Crippen LogP contribution >= 0.6 is 11.6 Å². The first-order chi connectivity index (χ1) is 20.8. The van der Waals surface area contributed by atoms with Crippen LogP contribution in [0.15, 0.2) is 103 Å². The normalized spacial score (nSPS) is 13.2. The smallest absolute Gasteiger partial charge is 0.343 e. The Morgan fingerprint density at radius 3 is 1.98 bits per heavy atom. The number of rotatable bonds is 8. The van der Waals surface area contributed by atoms with Crippen LogP contribution in [0.5, 0.6) is 11.5 Å². The van der Waals surface area contributed by atoms with Gasteiger partial charge in [0.15, 0.2) is 18.1 Å². The highest BCUT2D eigenvalue weighted by atomic mass is 35.5. The third-order valence-corrected chi connectivity index (χ3v) is 6.62. The Balaban J connectivity index is 1.46. The van der Waals surface area contributed by atoms with Crippen molar-refractivity contribution in [2.24, 2.45) is 0 Å². The summed E-state index contributed by atoms with van der Waals surface area (Å²) >= 11 is 6.47. The number of hydrogen-bond acceptors (Lipinski definition) is 6. The molecule has 0 radical (unpaired) electrons. The molecule has 5 rings (SSSR count). The van der Waals surface area contributed by atoms with Gasteiger partial charge in [-0.3, -0.25) is 14.4 Å². The zero-order chi connectivity index (χ0) is 30.5. The van der Waals surface area contributed by atoms with Crippen molar-refractivity contribution in [3.8, 4) is 11.5 Å². The van der Waals surface area contributed by atoms with Crippen LogP contribution in [-0.2, 0) is 14.4 Å². The van der Waals surface area contributed by atoms with Crippen LogP contribution < -0.4 is 24.6 Å². The summed E-state index contributed by atoms with van der Waals surface area (Å²) in [5, 5.41) is 2.42. The van der Waals surface area contributed by atoms with Gasteiger partial charge in [-0.2, -0.15) is 0 Å². The highest BCUT2D eigenvalue weighted by Gasteiger charge is 2.43. The van der Waals surface area contributed by atoms with Gasteiger partial charge >= 0.3 is 6.03 Å². The Kier molecular flexibility index (Phi) is 8.49. The van der Waals surface area contributed by atoms with Gasteiger partial charge in [0.2, 0.25) is 0 Å². The van der Waals surface area contributed by atoms with Gasteiger partial charge in [0.1, 0.15) is 11.4 Å². The van der Waals surface area contributed by atoms with E-state index in [-0.39, 0.29) is 44.7 Å². The number of nitrogens with zero attached hydrogens (tertiary/aromatic N) is 2. The molecule has 0 unspecified atom stereocenters. The Hall–Kier alpha value is -5.48. The number of halogens is 2. The van der Waals surface area contributed by atoms with Crippen molar-refractivity contribution in [1.29, 1.82) is 0 Å². The Morgan fingerprint density at radius 1 is 0.860 bits per heavy atom. The number of anilines is 3. The number of urea groups is 1. The van der Waals surface area contributed by atoms with E-state index in [0.29, 0.717) is 0 Å². The number of imide groups is 2. The number of ether oxygens (including phenoxy) is 2. The average Bonchev–Trinajstić information content (AvgIpc) is 3.01. The summed E-state index contributed by atoms with van der Waals surface area (Å²) in [7, 11) is 1.35. The topological polar surface area (TPSA) is 105 Å². The third-order valence-electron chi connectivity index (χ3n) is 6.34. The quantitative estimate of drug-likeness (QED) is 0.194. The second-order valence-electron chi connectivity index (χ2n) is 9.14. The highest BCUT2D eigenvalue weighted by Crippen LogP contribution is 2.38. The van der Waals surface area contributed by atoms with Crippen molar-refractivity contribution in [2.45, 2.75) is 0 Å². The number of amides is 5. The van der Waals surface area contributed by atoms with Gasteiger partial charge in [-0.05, 0) is 60.2 Å². The molecular formula is C32H23ClFN3O6. The van der Waals surface area contributed by atoms with E-state index in [0.717, 1.165) is 9.80 Å². The predicted molar refractivity (Wildman–Crippen MR) is 160 cm³/mol. The number of hydrogen-bond donors (Lipinski definition) is 1. The fourth-order valence-corrected chi connectivity index (χ4v) is 4.63. The van der Waals surface area contributed by atoms with Crippen molar-refractivity contribution in [3.63, 3.8) is 0 Å². The minimum absolute atomic E-state index is 0.00877. The molecule has 0 aromatic heterocycles. The fourth-order valence-electron chi connectivity index (χ4n) is 4.36.